The van der Waals surface area contributed by atoms with E-state index >= 15 is 0 Å². The minimum Gasteiger partial charge on any atom is -0.467 e. The van der Waals surface area contributed by atoms with E-state index in [1.807, 2.05) is 67.6 Å². The van der Waals surface area contributed by atoms with Crippen molar-refractivity contribution in [3.8, 4) is 11.3 Å². The summed E-state index contributed by atoms with van der Waals surface area (Å²) >= 11 is 0. The molecule has 0 saturated heterocycles. The Hall–Kier alpha value is -4.45. The number of aromatic nitrogens is 1. The number of benzene rings is 3. The number of hydrogen-bond donors (Lipinski definition) is 2. The molecule has 0 aliphatic heterocycles. The van der Waals surface area contributed by atoms with Crippen molar-refractivity contribution in [1.82, 2.24) is 4.98 Å². The number of anilines is 2. The van der Waals surface area contributed by atoms with Gasteiger partial charge in [0.15, 0.2) is 5.78 Å². The van der Waals surface area contributed by atoms with Gasteiger partial charge in [0, 0.05) is 34.5 Å². The Bertz CT molecular complexity index is 1340. The lowest BCUT2D eigenvalue weighted by atomic mass is 9.99. The van der Waals surface area contributed by atoms with Crippen molar-refractivity contribution in [3.05, 3.63) is 113 Å². The predicted octanol–water partition coefficient (Wildman–Crippen LogP) is 5.07. The van der Waals surface area contributed by atoms with Crippen molar-refractivity contribution >= 4 is 23.1 Å². The zero-order chi connectivity index (χ0) is 24.8. The first-order chi connectivity index (χ1) is 17.0. The molecule has 0 fully saturated rings. The van der Waals surface area contributed by atoms with Crippen LogP contribution in [0.15, 0.2) is 91.0 Å². The number of nitrogens with two attached hydrogens (primary N) is 1. The van der Waals surface area contributed by atoms with E-state index < -0.39 is 12.0 Å². The van der Waals surface area contributed by atoms with Gasteiger partial charge in [-0.25, -0.2) is 4.79 Å². The van der Waals surface area contributed by atoms with Crippen LogP contribution in [-0.4, -0.2) is 29.9 Å². The van der Waals surface area contributed by atoms with Crippen LogP contribution in [0.2, 0.25) is 0 Å². The molecule has 0 unspecified atom stereocenters. The minimum atomic E-state index is -0.683. The molecule has 6 heteroatoms. The second-order valence-corrected chi connectivity index (χ2v) is 8.25. The highest BCUT2D eigenvalue weighted by Crippen LogP contribution is 2.25. The molecule has 6 nitrogen and oxygen atoms in total. The van der Waals surface area contributed by atoms with Crippen molar-refractivity contribution in [2.75, 3.05) is 18.2 Å². The van der Waals surface area contributed by atoms with E-state index in [2.05, 4.69) is 10.3 Å². The molecule has 1 aromatic heterocycles. The summed E-state index contributed by atoms with van der Waals surface area (Å²) < 4.78 is 5.05. The second kappa shape index (κ2) is 10.7. The maximum atomic E-state index is 13.1. The molecule has 4 aromatic rings. The van der Waals surface area contributed by atoms with E-state index in [-0.39, 0.29) is 5.78 Å². The van der Waals surface area contributed by atoms with Gasteiger partial charge in [-0.05, 0) is 36.8 Å². The molecule has 1 heterocycles. The fourth-order valence-electron chi connectivity index (χ4n) is 3.91. The Morgan fingerprint density at radius 3 is 2.31 bits per heavy atom. The van der Waals surface area contributed by atoms with Crippen LogP contribution >= 0.6 is 0 Å². The summed E-state index contributed by atoms with van der Waals surface area (Å²) in [6, 6.07) is 27.0. The standard InChI is InChI=1S/C29H27N3O3/c1-19-12-17-24(30)27(31-19)21-15-13-20(14-16-21)18-26(29(34)35-2)32-25-11-7-6-10-23(25)28(33)22-8-4-3-5-9-22/h3-17,26,32H,18,30H2,1-2H3/t26-/m0/s1. The van der Waals surface area contributed by atoms with Crippen LogP contribution in [0, 0.1) is 6.92 Å². The molecular formula is C29H27N3O3. The molecule has 0 aliphatic rings. The van der Waals surface area contributed by atoms with Crippen molar-refractivity contribution in [1.29, 1.82) is 0 Å². The first-order valence-electron chi connectivity index (χ1n) is 11.3. The molecule has 176 valence electrons. The van der Waals surface area contributed by atoms with Crippen LogP contribution in [0.3, 0.4) is 0 Å². The Labute approximate surface area is 204 Å². The summed E-state index contributed by atoms with van der Waals surface area (Å²) in [4.78, 5) is 30.3. The summed E-state index contributed by atoms with van der Waals surface area (Å²) in [5.41, 5.74) is 11.8. The Morgan fingerprint density at radius 1 is 0.914 bits per heavy atom. The van der Waals surface area contributed by atoms with Gasteiger partial charge in [0.2, 0.25) is 0 Å². The molecule has 3 aromatic carbocycles. The molecule has 1 atom stereocenters. The number of para-hydroxylation sites is 1. The molecule has 0 bridgehead atoms. The maximum Gasteiger partial charge on any atom is 0.328 e. The number of nitrogen functional groups attached to an aromatic ring is 1. The molecule has 0 aliphatic carbocycles. The largest absolute Gasteiger partial charge is 0.467 e. The summed E-state index contributed by atoms with van der Waals surface area (Å²) in [5.74, 6) is -0.537. The van der Waals surface area contributed by atoms with Crippen LogP contribution in [0.5, 0.6) is 0 Å². The molecule has 0 radical (unpaired) electrons. The van der Waals surface area contributed by atoms with Gasteiger partial charge in [0.05, 0.1) is 18.5 Å². The number of aryl methyl sites for hydroxylation is 1. The lowest BCUT2D eigenvalue weighted by Crippen LogP contribution is -2.33. The summed E-state index contributed by atoms with van der Waals surface area (Å²) in [5, 5.41) is 3.23. The van der Waals surface area contributed by atoms with Crippen LogP contribution in [0.1, 0.15) is 27.2 Å². The van der Waals surface area contributed by atoms with Crippen LogP contribution < -0.4 is 11.1 Å². The van der Waals surface area contributed by atoms with Gasteiger partial charge >= 0.3 is 5.97 Å². The monoisotopic (exact) mass is 465 g/mol. The SMILES string of the molecule is COC(=O)[C@H](Cc1ccc(-c2nc(C)ccc2N)cc1)Nc1ccccc1C(=O)c1ccccc1. The number of rotatable bonds is 8. The number of methoxy groups -OCH3 is 1. The number of nitrogens with one attached hydrogen (secondary N) is 1. The van der Waals surface area contributed by atoms with Gasteiger partial charge in [-0.3, -0.25) is 9.78 Å². The predicted molar refractivity (Wildman–Crippen MR) is 138 cm³/mol. The molecule has 3 N–H and O–H groups in total. The van der Waals surface area contributed by atoms with E-state index in [4.69, 9.17) is 10.5 Å². The lowest BCUT2D eigenvalue weighted by molar-refractivity contribution is -0.141. The highest BCUT2D eigenvalue weighted by molar-refractivity contribution is 6.12. The highest BCUT2D eigenvalue weighted by Gasteiger charge is 2.22. The molecule has 4 rings (SSSR count). The van der Waals surface area contributed by atoms with E-state index in [0.717, 1.165) is 22.5 Å². The number of hydrogen-bond acceptors (Lipinski definition) is 6. The van der Waals surface area contributed by atoms with Gasteiger partial charge in [0.25, 0.3) is 0 Å². The van der Waals surface area contributed by atoms with Crippen molar-refractivity contribution in [3.63, 3.8) is 0 Å². The molecule has 35 heavy (non-hydrogen) atoms. The number of esters is 1. The average molecular weight is 466 g/mol. The quantitative estimate of drug-likeness (QED) is 0.279. The Morgan fingerprint density at radius 2 is 1.60 bits per heavy atom. The van der Waals surface area contributed by atoms with Gasteiger partial charge in [0.1, 0.15) is 6.04 Å². The van der Waals surface area contributed by atoms with E-state index in [1.165, 1.54) is 7.11 Å². The number of ketones is 1. The number of carbonyl (C=O) groups excluding carboxylic acids is 2. The summed E-state index contributed by atoms with van der Waals surface area (Å²) in [7, 11) is 1.35. The number of carbonyl (C=O) groups is 2. The zero-order valence-corrected chi connectivity index (χ0v) is 19.7. The second-order valence-electron chi connectivity index (χ2n) is 8.25. The Balaban J connectivity index is 1.57. The van der Waals surface area contributed by atoms with Crippen LogP contribution in [0.25, 0.3) is 11.3 Å². The molecule has 0 amide bonds. The first kappa shape index (κ1) is 23.7. The van der Waals surface area contributed by atoms with Crippen LogP contribution in [0.4, 0.5) is 11.4 Å². The third-order valence-corrected chi connectivity index (χ3v) is 5.76. The lowest BCUT2D eigenvalue weighted by Gasteiger charge is -2.20. The van der Waals surface area contributed by atoms with Crippen molar-refractivity contribution in [2.45, 2.75) is 19.4 Å². The average Bonchev–Trinajstić information content (AvgIpc) is 2.90. The Kier molecular flexibility index (Phi) is 7.21. The first-order valence-corrected chi connectivity index (χ1v) is 11.3. The highest BCUT2D eigenvalue weighted by atomic mass is 16.5. The number of ether oxygens (including phenoxy) is 1. The number of pyridine rings is 1. The normalized spacial score (nSPS) is 11.5. The van der Waals surface area contributed by atoms with Crippen molar-refractivity contribution in [2.24, 2.45) is 0 Å². The fourth-order valence-corrected chi connectivity index (χ4v) is 3.91. The minimum absolute atomic E-state index is 0.120. The zero-order valence-electron chi connectivity index (χ0n) is 19.7. The molecular weight excluding hydrogens is 438 g/mol. The molecule has 0 spiro atoms. The molecule has 0 saturated carbocycles. The van der Waals surface area contributed by atoms with Gasteiger partial charge < -0.3 is 15.8 Å². The van der Waals surface area contributed by atoms with E-state index in [9.17, 15) is 9.59 Å². The van der Waals surface area contributed by atoms with E-state index in [0.29, 0.717) is 28.9 Å². The summed E-state index contributed by atoms with van der Waals surface area (Å²) in [6.07, 6.45) is 0.373. The van der Waals surface area contributed by atoms with Crippen molar-refractivity contribution < 1.29 is 14.3 Å². The van der Waals surface area contributed by atoms with Gasteiger partial charge in [-0.1, -0.05) is 66.7 Å². The van der Waals surface area contributed by atoms with Gasteiger partial charge in [-0.2, -0.15) is 0 Å². The number of nitrogens with zero attached hydrogens (tertiary/aromatic N) is 1. The van der Waals surface area contributed by atoms with Crippen LogP contribution in [-0.2, 0) is 16.0 Å². The topological polar surface area (TPSA) is 94.3 Å². The third-order valence-electron chi connectivity index (χ3n) is 5.76. The smallest absolute Gasteiger partial charge is 0.328 e. The maximum absolute atomic E-state index is 13.1. The fraction of sp³-hybridized carbons (Fsp3) is 0.138. The third kappa shape index (κ3) is 5.55. The summed E-state index contributed by atoms with van der Waals surface area (Å²) in [6.45, 7) is 1.92. The van der Waals surface area contributed by atoms with Gasteiger partial charge in [-0.15, -0.1) is 0 Å². The van der Waals surface area contributed by atoms with E-state index in [1.54, 1.807) is 30.3 Å².